The molecule has 11 nitrogen and oxygen atoms in total. The molecule has 1 aliphatic rings. The number of rotatable bonds is 43. The van der Waals surface area contributed by atoms with Crippen LogP contribution < -0.4 is 5.32 Å². The van der Waals surface area contributed by atoms with Crippen LogP contribution >= 0.6 is 0 Å². The van der Waals surface area contributed by atoms with Crippen molar-refractivity contribution >= 4 is 11.9 Å². The zero-order valence-electron chi connectivity index (χ0n) is 42.7. The van der Waals surface area contributed by atoms with Gasteiger partial charge in [-0.05, 0) is 64.2 Å². The van der Waals surface area contributed by atoms with Crippen molar-refractivity contribution in [3.63, 3.8) is 0 Å². The Balaban J connectivity index is 2.84. The van der Waals surface area contributed by atoms with Gasteiger partial charge in [-0.3, -0.25) is 9.59 Å². The average molecular weight is 956 g/mol. The fourth-order valence-electron chi connectivity index (χ4n) is 7.85. The predicted octanol–water partition coefficient (Wildman–Crippen LogP) is 11.4. The van der Waals surface area contributed by atoms with Gasteiger partial charge in [-0.25, -0.2) is 0 Å². The molecule has 0 radical (unpaired) electrons. The molecule has 0 bridgehead atoms. The largest absolute Gasteiger partial charge is 0.454 e. The minimum Gasteiger partial charge on any atom is -0.454 e. The third-order valence-electron chi connectivity index (χ3n) is 12.2. The second-order valence-electron chi connectivity index (χ2n) is 18.3. The first kappa shape index (κ1) is 62.9. The van der Waals surface area contributed by atoms with Crippen molar-refractivity contribution in [2.24, 2.45) is 0 Å². The molecule has 0 saturated carbocycles. The summed E-state index contributed by atoms with van der Waals surface area (Å²) < 4.78 is 17.5. The highest BCUT2D eigenvalue weighted by Crippen LogP contribution is 2.26. The van der Waals surface area contributed by atoms with Crippen molar-refractivity contribution in [3.8, 4) is 0 Å². The molecule has 1 fully saturated rings. The summed E-state index contributed by atoms with van der Waals surface area (Å²) in [7, 11) is 0. The minimum absolute atomic E-state index is 0.0910. The number of aliphatic hydroxyl groups excluding tert-OH is 5. The number of ether oxygens (including phenoxy) is 3. The Kier molecular flexibility index (Phi) is 41.6. The number of carbonyl (C=O) groups is 2. The van der Waals surface area contributed by atoms with E-state index in [4.69, 9.17) is 14.2 Å². The van der Waals surface area contributed by atoms with Crippen LogP contribution in [0.1, 0.15) is 201 Å². The fraction of sp³-hybridized carbons (Fsp3) is 0.719. The molecule has 1 saturated heterocycles. The molecule has 1 rings (SSSR count). The number of allylic oxidation sites excluding steroid dienone is 13. The molecule has 8 unspecified atom stereocenters. The second kappa shape index (κ2) is 45.0. The summed E-state index contributed by atoms with van der Waals surface area (Å²) in [5.74, 6) is -1.30. The maximum absolute atomic E-state index is 13.3. The van der Waals surface area contributed by atoms with E-state index >= 15 is 0 Å². The van der Waals surface area contributed by atoms with Crippen LogP contribution in [0.5, 0.6) is 0 Å². The van der Waals surface area contributed by atoms with Crippen molar-refractivity contribution in [2.45, 2.75) is 250 Å². The highest BCUT2D eigenvalue weighted by atomic mass is 16.7. The molecule has 0 aromatic rings. The van der Waals surface area contributed by atoms with E-state index in [1.165, 1.54) is 96.3 Å². The van der Waals surface area contributed by atoms with Gasteiger partial charge >= 0.3 is 5.97 Å². The molecular formula is C57H97NO10. The van der Waals surface area contributed by atoms with Gasteiger partial charge in [0.1, 0.15) is 24.4 Å². The molecule has 0 aromatic carbocycles. The van der Waals surface area contributed by atoms with Gasteiger partial charge in [0, 0.05) is 6.42 Å². The van der Waals surface area contributed by atoms with E-state index in [1.807, 2.05) is 60.8 Å². The first-order chi connectivity index (χ1) is 33.2. The van der Waals surface area contributed by atoms with Gasteiger partial charge < -0.3 is 45.1 Å². The lowest BCUT2D eigenvalue weighted by molar-refractivity contribution is -0.305. The number of nitrogens with one attached hydrogen (secondary N) is 1. The summed E-state index contributed by atoms with van der Waals surface area (Å²) in [5, 5.41) is 56.5. The minimum atomic E-state index is -1.63. The van der Waals surface area contributed by atoms with Crippen molar-refractivity contribution in [3.05, 3.63) is 85.1 Å². The Hall–Kier alpha value is -3.16. The van der Waals surface area contributed by atoms with E-state index in [0.717, 1.165) is 57.8 Å². The molecule has 0 aliphatic carbocycles. The Labute approximate surface area is 413 Å². The average Bonchev–Trinajstić information content (AvgIpc) is 3.33. The molecule has 1 heterocycles. The van der Waals surface area contributed by atoms with E-state index in [9.17, 15) is 35.1 Å². The number of hydrogen-bond donors (Lipinski definition) is 6. The van der Waals surface area contributed by atoms with Crippen molar-refractivity contribution in [2.75, 3.05) is 13.2 Å². The molecule has 8 atom stereocenters. The van der Waals surface area contributed by atoms with E-state index < -0.39 is 67.4 Å². The molecule has 1 amide bonds. The topological polar surface area (TPSA) is 175 Å². The highest BCUT2D eigenvalue weighted by Gasteiger charge is 2.47. The van der Waals surface area contributed by atoms with Crippen LogP contribution in [0.15, 0.2) is 85.1 Å². The number of unbranched alkanes of at least 4 members (excludes halogenated alkanes) is 21. The predicted molar refractivity (Wildman–Crippen MR) is 278 cm³/mol. The molecule has 0 aromatic heterocycles. The molecule has 11 heteroatoms. The number of esters is 1. The third-order valence-corrected chi connectivity index (χ3v) is 12.2. The second-order valence-corrected chi connectivity index (χ2v) is 18.3. The van der Waals surface area contributed by atoms with Crippen LogP contribution in [0.4, 0.5) is 0 Å². The summed E-state index contributed by atoms with van der Waals surface area (Å²) in [6.07, 6.45) is 46.5. The molecule has 0 spiro atoms. The summed E-state index contributed by atoms with van der Waals surface area (Å²) >= 11 is 0. The number of amides is 1. The van der Waals surface area contributed by atoms with Gasteiger partial charge in [-0.1, -0.05) is 215 Å². The van der Waals surface area contributed by atoms with Gasteiger partial charge in [-0.2, -0.15) is 0 Å². The van der Waals surface area contributed by atoms with Crippen molar-refractivity contribution < 1.29 is 49.3 Å². The standard InChI is InChI=1S/C57H97NO10/c1-4-7-10-13-16-19-22-25-27-30-33-36-39-42-45-52(62)68-55-54(64)53(63)51(46-59)67-57(55)66-47-48(49(60)43-40-37-34-31-29-26-23-20-17-14-11-8-5-2)58-56(65)50(61)44-41-38-35-32-28-24-21-18-15-12-9-6-3/h9,12,15,18,21,24,27-28,30,32,35,38,40,43,48-51,53-55,57,59-61,63-64H,4-8,10-11,13-14,16-17,19-20,22-23,25-26,29,31,33-34,36-37,39,41-42,44-47H2,1-3H3,(H,58,65)/b12-9+,18-15+,24-21-,30-27-,32-28-,38-35+,43-40+. The molecule has 1 aliphatic heterocycles. The zero-order valence-corrected chi connectivity index (χ0v) is 42.7. The van der Waals surface area contributed by atoms with Crippen LogP contribution in [0.2, 0.25) is 0 Å². The van der Waals surface area contributed by atoms with Crippen LogP contribution in [0.3, 0.4) is 0 Å². The van der Waals surface area contributed by atoms with E-state index in [0.29, 0.717) is 12.8 Å². The normalized spacial score (nSPS) is 20.6. The van der Waals surface area contributed by atoms with Crippen LogP contribution in [-0.2, 0) is 23.8 Å². The summed E-state index contributed by atoms with van der Waals surface area (Å²) in [4.78, 5) is 26.3. The van der Waals surface area contributed by atoms with Crippen molar-refractivity contribution in [1.82, 2.24) is 5.32 Å². The smallest absolute Gasteiger partial charge is 0.306 e. The quantitative estimate of drug-likeness (QED) is 0.0149. The SMILES string of the molecule is CC/C=C/C=C/C=C\C=C/C=C/CCC(O)C(=O)NC(COC1OC(CO)C(O)C(O)C1OC(=O)CCCCC/C=C\CCCCCCCCC)C(O)/C=C/CCCCCCCCCCCCC. The van der Waals surface area contributed by atoms with Gasteiger partial charge in [0.15, 0.2) is 12.4 Å². The maximum atomic E-state index is 13.3. The Morgan fingerprint density at radius 3 is 1.60 bits per heavy atom. The summed E-state index contributed by atoms with van der Waals surface area (Å²) in [5.41, 5.74) is 0. The van der Waals surface area contributed by atoms with Gasteiger partial charge in [-0.15, -0.1) is 0 Å². The third kappa shape index (κ3) is 33.4. The van der Waals surface area contributed by atoms with E-state index in [2.05, 4.69) is 44.3 Å². The molecule has 390 valence electrons. The van der Waals surface area contributed by atoms with Crippen molar-refractivity contribution in [1.29, 1.82) is 0 Å². The van der Waals surface area contributed by atoms with Gasteiger partial charge in [0.05, 0.1) is 25.4 Å². The Morgan fingerprint density at radius 2 is 1.07 bits per heavy atom. The first-order valence-corrected chi connectivity index (χ1v) is 26.9. The van der Waals surface area contributed by atoms with Crippen LogP contribution in [0.25, 0.3) is 0 Å². The Morgan fingerprint density at radius 1 is 0.588 bits per heavy atom. The molecule has 68 heavy (non-hydrogen) atoms. The number of carbonyl (C=O) groups excluding carboxylic acids is 2. The summed E-state index contributed by atoms with van der Waals surface area (Å²) in [6, 6.07) is -1.07. The monoisotopic (exact) mass is 956 g/mol. The molecule has 6 N–H and O–H groups in total. The molecular weight excluding hydrogens is 859 g/mol. The number of hydrogen-bond acceptors (Lipinski definition) is 10. The van der Waals surface area contributed by atoms with Gasteiger partial charge in [0.2, 0.25) is 5.91 Å². The highest BCUT2D eigenvalue weighted by molar-refractivity contribution is 5.80. The van der Waals surface area contributed by atoms with Gasteiger partial charge in [0.25, 0.3) is 0 Å². The Bertz CT molecular complexity index is 1420. The fourth-order valence-corrected chi connectivity index (χ4v) is 7.85. The van der Waals surface area contributed by atoms with Crippen LogP contribution in [-0.4, -0.2) is 99.6 Å². The maximum Gasteiger partial charge on any atom is 0.306 e. The number of aliphatic hydroxyl groups is 5. The summed E-state index contributed by atoms with van der Waals surface area (Å²) in [6.45, 7) is 5.55. The lowest BCUT2D eigenvalue weighted by Gasteiger charge is -2.41. The van der Waals surface area contributed by atoms with E-state index in [1.54, 1.807) is 6.08 Å². The van der Waals surface area contributed by atoms with E-state index in [-0.39, 0.29) is 19.4 Å². The first-order valence-electron chi connectivity index (χ1n) is 26.9. The lowest BCUT2D eigenvalue weighted by atomic mass is 9.99. The van der Waals surface area contributed by atoms with Crippen LogP contribution in [0, 0.1) is 0 Å². The lowest BCUT2D eigenvalue weighted by Crippen LogP contribution is -2.61. The zero-order chi connectivity index (χ0) is 49.7.